The molecular formula is C17H22BrNO. The number of nitrogens with one attached hydrogen (secondary N) is 1. The minimum Gasteiger partial charge on any atom is -0.488 e. The summed E-state index contributed by atoms with van der Waals surface area (Å²) in [5.74, 6) is 0.931. The van der Waals surface area contributed by atoms with E-state index in [4.69, 9.17) is 4.74 Å². The Hall–Kier alpha value is -1.06. The van der Waals surface area contributed by atoms with Crippen LogP contribution in [0, 0.1) is 0 Å². The molecule has 2 rings (SSSR count). The molecule has 0 saturated carbocycles. The first-order valence-electron chi connectivity index (χ1n) is 7.30. The Morgan fingerprint density at radius 2 is 1.95 bits per heavy atom. The summed E-state index contributed by atoms with van der Waals surface area (Å²) < 4.78 is 7.24. The SMILES string of the molecule is CCCC(CNCC)Oc1ccc2ccccc2c1Br. The Bertz CT molecular complexity index is 556. The van der Waals surface area contributed by atoms with E-state index in [9.17, 15) is 0 Å². The molecule has 0 saturated heterocycles. The van der Waals surface area contributed by atoms with E-state index in [0.29, 0.717) is 0 Å². The summed E-state index contributed by atoms with van der Waals surface area (Å²) in [6, 6.07) is 12.5. The zero-order valence-electron chi connectivity index (χ0n) is 12.2. The molecule has 2 aromatic carbocycles. The Labute approximate surface area is 129 Å². The third-order valence-electron chi connectivity index (χ3n) is 3.35. The van der Waals surface area contributed by atoms with Crippen LogP contribution in [-0.2, 0) is 0 Å². The van der Waals surface area contributed by atoms with Crippen molar-refractivity contribution in [1.29, 1.82) is 0 Å². The van der Waals surface area contributed by atoms with Crippen LogP contribution in [0.1, 0.15) is 26.7 Å². The smallest absolute Gasteiger partial charge is 0.134 e. The van der Waals surface area contributed by atoms with E-state index < -0.39 is 0 Å². The molecule has 20 heavy (non-hydrogen) atoms. The topological polar surface area (TPSA) is 21.3 Å². The number of hydrogen-bond acceptors (Lipinski definition) is 2. The van der Waals surface area contributed by atoms with Gasteiger partial charge in [0.2, 0.25) is 0 Å². The van der Waals surface area contributed by atoms with E-state index in [-0.39, 0.29) is 6.10 Å². The molecule has 0 aromatic heterocycles. The molecule has 0 amide bonds. The average molecular weight is 336 g/mol. The lowest BCUT2D eigenvalue weighted by Gasteiger charge is -2.20. The van der Waals surface area contributed by atoms with Crippen LogP contribution in [0.25, 0.3) is 10.8 Å². The Morgan fingerprint density at radius 1 is 1.15 bits per heavy atom. The molecule has 0 heterocycles. The van der Waals surface area contributed by atoms with Gasteiger partial charge in [-0.1, -0.05) is 50.6 Å². The molecule has 0 bridgehead atoms. The molecule has 2 aromatic rings. The van der Waals surface area contributed by atoms with Gasteiger partial charge in [-0.2, -0.15) is 0 Å². The summed E-state index contributed by atoms with van der Waals surface area (Å²) in [6.45, 7) is 6.18. The second-order valence-corrected chi connectivity index (χ2v) is 5.73. The van der Waals surface area contributed by atoms with E-state index in [0.717, 1.165) is 36.2 Å². The summed E-state index contributed by atoms with van der Waals surface area (Å²) >= 11 is 3.68. The van der Waals surface area contributed by atoms with Crippen LogP contribution in [-0.4, -0.2) is 19.2 Å². The van der Waals surface area contributed by atoms with Gasteiger partial charge in [0.05, 0.1) is 4.47 Å². The molecule has 1 unspecified atom stereocenters. The van der Waals surface area contributed by atoms with Crippen molar-refractivity contribution in [2.24, 2.45) is 0 Å². The van der Waals surface area contributed by atoms with Crippen LogP contribution < -0.4 is 10.1 Å². The lowest BCUT2D eigenvalue weighted by atomic mass is 10.1. The first-order chi connectivity index (χ1) is 9.76. The highest BCUT2D eigenvalue weighted by Crippen LogP contribution is 2.33. The van der Waals surface area contributed by atoms with Crippen LogP contribution >= 0.6 is 15.9 Å². The molecule has 0 radical (unpaired) electrons. The summed E-state index contributed by atoms with van der Waals surface area (Å²) in [6.07, 6.45) is 2.41. The number of benzene rings is 2. The zero-order chi connectivity index (χ0) is 14.4. The van der Waals surface area contributed by atoms with Crippen LogP contribution in [0.4, 0.5) is 0 Å². The van der Waals surface area contributed by atoms with Crippen LogP contribution in [0.5, 0.6) is 5.75 Å². The van der Waals surface area contributed by atoms with Crippen molar-refractivity contribution in [3.05, 3.63) is 40.9 Å². The number of halogens is 1. The van der Waals surface area contributed by atoms with Crippen LogP contribution in [0.2, 0.25) is 0 Å². The Balaban J connectivity index is 2.20. The highest BCUT2D eigenvalue weighted by atomic mass is 79.9. The predicted octanol–water partition coefficient (Wildman–Crippen LogP) is 4.76. The molecule has 0 aliphatic heterocycles. The molecule has 0 aliphatic rings. The number of ether oxygens (including phenoxy) is 1. The lowest BCUT2D eigenvalue weighted by molar-refractivity contribution is 0.186. The highest BCUT2D eigenvalue weighted by molar-refractivity contribution is 9.10. The van der Waals surface area contributed by atoms with Crippen molar-refractivity contribution in [3.63, 3.8) is 0 Å². The normalized spacial score (nSPS) is 12.6. The molecular weight excluding hydrogens is 314 g/mol. The minimum atomic E-state index is 0.220. The van der Waals surface area contributed by atoms with Gasteiger partial charge in [-0.15, -0.1) is 0 Å². The first-order valence-corrected chi connectivity index (χ1v) is 8.10. The van der Waals surface area contributed by atoms with Gasteiger partial charge in [-0.3, -0.25) is 0 Å². The molecule has 0 fully saturated rings. The van der Waals surface area contributed by atoms with Crippen LogP contribution in [0.15, 0.2) is 40.9 Å². The molecule has 0 spiro atoms. The fourth-order valence-electron chi connectivity index (χ4n) is 2.31. The summed E-state index contributed by atoms with van der Waals surface area (Å²) in [5, 5.41) is 5.79. The fraction of sp³-hybridized carbons (Fsp3) is 0.412. The monoisotopic (exact) mass is 335 g/mol. The summed E-state index contributed by atoms with van der Waals surface area (Å²) in [4.78, 5) is 0. The van der Waals surface area contributed by atoms with Gasteiger partial charge >= 0.3 is 0 Å². The van der Waals surface area contributed by atoms with Gasteiger partial charge in [-0.05, 0) is 45.7 Å². The maximum absolute atomic E-state index is 6.19. The second-order valence-electron chi connectivity index (χ2n) is 4.94. The molecule has 1 N–H and O–H groups in total. The molecule has 3 heteroatoms. The maximum Gasteiger partial charge on any atom is 0.134 e. The third-order valence-corrected chi connectivity index (χ3v) is 4.17. The van der Waals surface area contributed by atoms with E-state index >= 15 is 0 Å². The van der Waals surface area contributed by atoms with Gasteiger partial charge in [0.25, 0.3) is 0 Å². The van der Waals surface area contributed by atoms with Crippen molar-refractivity contribution in [3.8, 4) is 5.75 Å². The maximum atomic E-state index is 6.19. The van der Waals surface area contributed by atoms with Crippen molar-refractivity contribution in [2.75, 3.05) is 13.1 Å². The summed E-state index contributed by atoms with van der Waals surface area (Å²) in [7, 11) is 0. The van der Waals surface area contributed by atoms with Gasteiger partial charge in [-0.25, -0.2) is 0 Å². The first kappa shape index (κ1) is 15.3. The van der Waals surface area contributed by atoms with E-state index in [1.165, 1.54) is 10.8 Å². The second kappa shape index (κ2) is 7.65. The van der Waals surface area contributed by atoms with E-state index in [2.05, 4.69) is 71.5 Å². The average Bonchev–Trinajstić information content (AvgIpc) is 2.48. The predicted molar refractivity (Wildman–Crippen MR) is 89.5 cm³/mol. The summed E-state index contributed by atoms with van der Waals surface area (Å²) in [5.41, 5.74) is 0. The van der Waals surface area contributed by atoms with Gasteiger partial charge in [0.1, 0.15) is 11.9 Å². The van der Waals surface area contributed by atoms with E-state index in [1.54, 1.807) is 0 Å². The molecule has 1 atom stereocenters. The van der Waals surface area contributed by atoms with Gasteiger partial charge in [0.15, 0.2) is 0 Å². The fourth-order valence-corrected chi connectivity index (χ4v) is 2.90. The molecule has 2 nitrogen and oxygen atoms in total. The largest absolute Gasteiger partial charge is 0.488 e. The van der Waals surface area contributed by atoms with Gasteiger partial charge < -0.3 is 10.1 Å². The van der Waals surface area contributed by atoms with E-state index in [1.807, 2.05) is 0 Å². The van der Waals surface area contributed by atoms with Gasteiger partial charge in [0, 0.05) is 6.54 Å². The standard InChI is InChI=1S/C17H22BrNO/c1-3-7-14(12-19-4-2)20-16-11-10-13-8-5-6-9-15(13)17(16)18/h5-6,8-11,14,19H,3-4,7,12H2,1-2H3. The Kier molecular flexibility index (Phi) is 5.86. The van der Waals surface area contributed by atoms with Crippen molar-refractivity contribution in [2.45, 2.75) is 32.8 Å². The van der Waals surface area contributed by atoms with Crippen molar-refractivity contribution >= 4 is 26.7 Å². The van der Waals surface area contributed by atoms with Crippen molar-refractivity contribution < 1.29 is 4.74 Å². The minimum absolute atomic E-state index is 0.220. The van der Waals surface area contributed by atoms with Crippen molar-refractivity contribution in [1.82, 2.24) is 5.32 Å². The highest BCUT2D eigenvalue weighted by Gasteiger charge is 2.12. The number of rotatable bonds is 7. The molecule has 0 aliphatic carbocycles. The Morgan fingerprint density at radius 3 is 2.70 bits per heavy atom. The number of hydrogen-bond donors (Lipinski definition) is 1. The lowest BCUT2D eigenvalue weighted by Crippen LogP contribution is -2.31. The zero-order valence-corrected chi connectivity index (χ0v) is 13.7. The quantitative estimate of drug-likeness (QED) is 0.787. The van der Waals surface area contributed by atoms with Crippen LogP contribution in [0.3, 0.4) is 0 Å². The third kappa shape index (κ3) is 3.74. The molecule has 108 valence electrons. The number of likely N-dealkylation sites (N-methyl/N-ethyl adjacent to an activating group) is 1. The number of fused-ring (bicyclic) bond motifs is 1.